The van der Waals surface area contributed by atoms with Crippen LogP contribution < -0.4 is 11.1 Å². The Balaban J connectivity index is 0.00000192. The predicted octanol–water partition coefficient (Wildman–Crippen LogP) is 3.08. The lowest BCUT2D eigenvalue weighted by molar-refractivity contribution is -0.127. The normalized spacial score (nSPS) is 24.2. The fourth-order valence-corrected chi connectivity index (χ4v) is 3.94. The highest BCUT2D eigenvalue weighted by Gasteiger charge is 2.31. The van der Waals surface area contributed by atoms with Crippen LogP contribution in [0.3, 0.4) is 0 Å². The topological polar surface area (TPSA) is 64.3 Å². The third kappa shape index (κ3) is 4.23. The smallest absolute Gasteiger partial charge is 0.223 e. The summed E-state index contributed by atoms with van der Waals surface area (Å²) >= 11 is 1.73. The van der Waals surface area contributed by atoms with Crippen molar-refractivity contribution in [3.63, 3.8) is 0 Å². The first-order valence-electron chi connectivity index (χ1n) is 7.69. The van der Waals surface area contributed by atoms with Gasteiger partial charge in [-0.25, -0.2) is 0 Å². The number of hydrogen-bond acceptors (Lipinski definition) is 4. The highest BCUT2D eigenvalue weighted by molar-refractivity contribution is 7.17. The van der Waals surface area contributed by atoms with E-state index in [9.17, 15) is 4.79 Å². The largest absolute Gasteiger partial charge is 0.380 e. The van der Waals surface area contributed by atoms with Crippen molar-refractivity contribution in [2.45, 2.75) is 38.0 Å². The number of thiophene rings is 1. The summed E-state index contributed by atoms with van der Waals surface area (Å²) in [4.78, 5) is 12.3. The molecule has 4 nitrogen and oxygen atoms in total. The minimum absolute atomic E-state index is 0. The van der Waals surface area contributed by atoms with E-state index < -0.39 is 0 Å². The van der Waals surface area contributed by atoms with Crippen molar-refractivity contribution in [2.75, 3.05) is 7.11 Å². The van der Waals surface area contributed by atoms with Gasteiger partial charge in [0.25, 0.3) is 0 Å². The Morgan fingerprint density at radius 1 is 1.39 bits per heavy atom. The Bertz CT molecular complexity index is 661. The fraction of sp³-hybridized carbons (Fsp3) is 0.471. The zero-order chi connectivity index (χ0) is 15.5. The lowest BCUT2D eigenvalue weighted by Gasteiger charge is -2.32. The van der Waals surface area contributed by atoms with E-state index in [1.54, 1.807) is 18.4 Å². The summed E-state index contributed by atoms with van der Waals surface area (Å²) in [6.07, 6.45) is 2.50. The third-order valence-electron chi connectivity index (χ3n) is 4.49. The van der Waals surface area contributed by atoms with Crippen LogP contribution in [0.4, 0.5) is 0 Å². The molecule has 0 radical (unpaired) electrons. The molecule has 0 unspecified atom stereocenters. The average Bonchev–Trinajstić information content (AvgIpc) is 3.00. The van der Waals surface area contributed by atoms with Gasteiger partial charge < -0.3 is 15.8 Å². The van der Waals surface area contributed by atoms with Crippen LogP contribution in [0.1, 0.15) is 24.8 Å². The Hall–Kier alpha value is -1.14. The van der Waals surface area contributed by atoms with E-state index in [1.165, 1.54) is 10.1 Å². The molecule has 126 valence electrons. The molecule has 1 heterocycles. The molecular formula is C17H23ClN2O2S. The van der Waals surface area contributed by atoms with E-state index >= 15 is 0 Å². The van der Waals surface area contributed by atoms with Gasteiger partial charge in [0, 0.05) is 30.3 Å². The van der Waals surface area contributed by atoms with Gasteiger partial charge in [0.15, 0.2) is 0 Å². The van der Waals surface area contributed by atoms with E-state index in [0.717, 1.165) is 18.4 Å². The SMILES string of the molecule is CO[C@@H]1CC[C@H](C(=O)NCc2ccc3sccc3c2)C[C@H]1N.Cl. The maximum atomic E-state index is 12.3. The van der Waals surface area contributed by atoms with Gasteiger partial charge in [0.05, 0.1) is 6.10 Å². The molecule has 3 N–H and O–H groups in total. The van der Waals surface area contributed by atoms with Gasteiger partial charge in [-0.15, -0.1) is 23.7 Å². The number of rotatable bonds is 4. The summed E-state index contributed by atoms with van der Waals surface area (Å²) in [7, 11) is 1.69. The van der Waals surface area contributed by atoms with Crippen LogP contribution in [0.15, 0.2) is 29.6 Å². The molecule has 0 saturated heterocycles. The van der Waals surface area contributed by atoms with Gasteiger partial charge in [-0.05, 0) is 53.8 Å². The molecule has 23 heavy (non-hydrogen) atoms. The van der Waals surface area contributed by atoms with Gasteiger partial charge in [0.2, 0.25) is 5.91 Å². The Labute approximate surface area is 146 Å². The fourth-order valence-electron chi connectivity index (χ4n) is 3.17. The molecule has 3 atom stereocenters. The number of fused-ring (bicyclic) bond motifs is 1. The molecule has 2 aromatic rings. The summed E-state index contributed by atoms with van der Waals surface area (Å²) in [6.45, 7) is 0.573. The average molecular weight is 355 g/mol. The molecule has 0 bridgehead atoms. The van der Waals surface area contributed by atoms with E-state index in [2.05, 4.69) is 35.0 Å². The van der Waals surface area contributed by atoms with Crippen LogP contribution in [0.25, 0.3) is 10.1 Å². The zero-order valence-corrected chi connectivity index (χ0v) is 14.8. The van der Waals surface area contributed by atoms with Crippen molar-refractivity contribution in [2.24, 2.45) is 11.7 Å². The minimum Gasteiger partial charge on any atom is -0.380 e. The molecule has 0 aliphatic heterocycles. The van der Waals surface area contributed by atoms with Gasteiger partial charge in [0.1, 0.15) is 0 Å². The number of nitrogens with one attached hydrogen (secondary N) is 1. The monoisotopic (exact) mass is 354 g/mol. The van der Waals surface area contributed by atoms with E-state index in [0.29, 0.717) is 13.0 Å². The van der Waals surface area contributed by atoms with Gasteiger partial charge in [-0.2, -0.15) is 0 Å². The molecule has 1 amide bonds. The second kappa shape index (κ2) is 8.11. The highest BCUT2D eigenvalue weighted by Crippen LogP contribution is 2.26. The first-order chi connectivity index (χ1) is 10.7. The number of nitrogens with two attached hydrogens (primary N) is 1. The number of carbonyl (C=O) groups is 1. The lowest BCUT2D eigenvalue weighted by Crippen LogP contribution is -2.45. The Morgan fingerprint density at radius 2 is 2.22 bits per heavy atom. The molecule has 1 aromatic carbocycles. The Kier molecular flexibility index (Phi) is 6.41. The van der Waals surface area contributed by atoms with Crippen LogP contribution in [0.2, 0.25) is 0 Å². The summed E-state index contributed by atoms with van der Waals surface area (Å²) < 4.78 is 6.62. The molecule has 3 rings (SSSR count). The van der Waals surface area contributed by atoms with Crippen LogP contribution in [0.5, 0.6) is 0 Å². The number of hydrogen-bond donors (Lipinski definition) is 2. The summed E-state index contributed by atoms with van der Waals surface area (Å²) in [6, 6.07) is 8.39. The van der Waals surface area contributed by atoms with Crippen LogP contribution >= 0.6 is 23.7 Å². The second-order valence-corrected chi connectivity index (χ2v) is 6.91. The number of ether oxygens (including phenoxy) is 1. The van der Waals surface area contributed by atoms with Gasteiger partial charge in [-0.1, -0.05) is 6.07 Å². The minimum atomic E-state index is -0.0448. The standard InChI is InChI=1S/C17H22N2O2S.ClH/c1-21-15-4-3-13(9-14(15)18)17(20)19-10-11-2-5-16-12(8-11)6-7-22-16;/h2,5-8,13-15H,3-4,9-10,18H2,1H3,(H,19,20);1H/t13-,14+,15+;/m0./s1. The first-order valence-corrected chi connectivity index (χ1v) is 8.57. The number of carbonyl (C=O) groups excluding carboxylic acids is 1. The Morgan fingerprint density at radius 3 is 2.96 bits per heavy atom. The summed E-state index contributed by atoms with van der Waals surface area (Å²) in [5, 5.41) is 6.37. The van der Waals surface area contributed by atoms with Crippen LogP contribution in [-0.2, 0) is 16.1 Å². The van der Waals surface area contributed by atoms with Crippen LogP contribution in [-0.4, -0.2) is 25.2 Å². The number of halogens is 1. The molecule has 0 spiro atoms. The van der Waals surface area contributed by atoms with E-state index in [1.807, 2.05) is 0 Å². The first kappa shape index (κ1) is 18.2. The van der Waals surface area contributed by atoms with Crippen LogP contribution in [0, 0.1) is 5.92 Å². The molecular weight excluding hydrogens is 332 g/mol. The zero-order valence-electron chi connectivity index (χ0n) is 13.2. The summed E-state index contributed by atoms with van der Waals surface area (Å²) in [5.74, 6) is 0.113. The maximum absolute atomic E-state index is 12.3. The number of methoxy groups -OCH3 is 1. The molecule has 1 aromatic heterocycles. The van der Waals surface area contributed by atoms with Gasteiger partial charge >= 0.3 is 0 Å². The second-order valence-electron chi connectivity index (χ2n) is 5.96. The van der Waals surface area contributed by atoms with E-state index in [4.69, 9.17) is 10.5 Å². The third-order valence-corrected chi connectivity index (χ3v) is 5.39. The molecule has 6 heteroatoms. The van der Waals surface area contributed by atoms with Gasteiger partial charge in [-0.3, -0.25) is 4.79 Å². The predicted molar refractivity (Wildman–Crippen MR) is 97.0 cm³/mol. The summed E-state index contributed by atoms with van der Waals surface area (Å²) in [5.41, 5.74) is 7.20. The molecule has 1 fully saturated rings. The van der Waals surface area contributed by atoms with Crippen molar-refractivity contribution in [1.29, 1.82) is 0 Å². The highest BCUT2D eigenvalue weighted by atomic mass is 35.5. The van der Waals surface area contributed by atoms with E-state index in [-0.39, 0.29) is 36.4 Å². The van der Waals surface area contributed by atoms with Crippen molar-refractivity contribution in [3.8, 4) is 0 Å². The van der Waals surface area contributed by atoms with Crippen molar-refractivity contribution in [1.82, 2.24) is 5.32 Å². The lowest BCUT2D eigenvalue weighted by atomic mass is 9.83. The number of amides is 1. The number of benzene rings is 1. The molecule has 1 saturated carbocycles. The van der Waals surface area contributed by atoms with Crippen molar-refractivity contribution < 1.29 is 9.53 Å². The molecule has 1 aliphatic rings. The van der Waals surface area contributed by atoms with Crippen molar-refractivity contribution in [3.05, 3.63) is 35.2 Å². The maximum Gasteiger partial charge on any atom is 0.223 e. The molecule has 1 aliphatic carbocycles. The van der Waals surface area contributed by atoms with Crippen molar-refractivity contribution >= 4 is 39.7 Å². The quantitative estimate of drug-likeness (QED) is 0.886.